The molecule has 0 aromatic heterocycles. The minimum absolute atomic E-state index is 0.270. The van der Waals surface area contributed by atoms with E-state index in [1.807, 2.05) is 0 Å². The predicted octanol–water partition coefficient (Wildman–Crippen LogP) is 3.33. The van der Waals surface area contributed by atoms with Crippen molar-refractivity contribution in [2.45, 2.75) is 13.1 Å². The molecule has 0 aliphatic heterocycles. The Morgan fingerprint density at radius 2 is 2.06 bits per heavy atom. The number of hydrogen-bond donors (Lipinski definition) is 2. The Hall–Kier alpha value is -1.43. The summed E-state index contributed by atoms with van der Waals surface area (Å²) in [4.78, 5) is 11.1. The summed E-state index contributed by atoms with van der Waals surface area (Å²) in [7, 11) is 0. The summed E-state index contributed by atoms with van der Waals surface area (Å²) in [5.41, 5.74) is 0.992. The molecule has 1 aromatic rings. The van der Waals surface area contributed by atoms with Crippen LogP contribution in [0.4, 0.5) is 23.7 Å². The topological polar surface area (TPSA) is 41.1 Å². The highest BCUT2D eigenvalue weighted by Crippen LogP contribution is 2.24. The van der Waals surface area contributed by atoms with Gasteiger partial charge in [0.2, 0.25) is 0 Å². The molecule has 0 saturated heterocycles. The number of benzene rings is 1. The zero-order valence-electron chi connectivity index (χ0n) is 8.86. The average Bonchev–Trinajstić information content (AvgIpc) is 2.21. The molecule has 0 atom stereocenters. The van der Waals surface area contributed by atoms with Crippen molar-refractivity contribution in [3.63, 3.8) is 0 Å². The summed E-state index contributed by atoms with van der Waals surface area (Å²) in [6.45, 7) is 0.337. The maximum atomic E-state index is 11.8. The van der Waals surface area contributed by atoms with E-state index >= 15 is 0 Å². The van der Waals surface area contributed by atoms with Crippen LogP contribution in [0.25, 0.3) is 0 Å². The largest absolute Gasteiger partial charge is 0.405 e. The van der Waals surface area contributed by atoms with Crippen molar-refractivity contribution in [1.29, 1.82) is 0 Å². The number of halogens is 4. The van der Waals surface area contributed by atoms with Gasteiger partial charge in [0.15, 0.2) is 0 Å². The van der Waals surface area contributed by atoms with Gasteiger partial charge in [0, 0.05) is 0 Å². The zero-order chi connectivity index (χ0) is 13.1. The van der Waals surface area contributed by atoms with Gasteiger partial charge in [-0.25, -0.2) is 4.79 Å². The standard InChI is InChI=1S/C10H10ClF3N2O/c1-6-3-2-4-7(8(6)11)16-9(17)15-5-10(12,13)14/h2-4H,5H2,1H3,(H2,15,16,17). The molecule has 3 nitrogen and oxygen atoms in total. The molecular formula is C10H10ClF3N2O. The molecule has 2 N–H and O–H groups in total. The number of hydrogen-bond acceptors (Lipinski definition) is 1. The Bertz CT molecular complexity index is 421. The lowest BCUT2D eigenvalue weighted by atomic mass is 10.2. The first-order valence-corrected chi connectivity index (χ1v) is 5.04. The fraction of sp³-hybridized carbons (Fsp3) is 0.300. The maximum Gasteiger partial charge on any atom is 0.405 e. The second-order valence-electron chi connectivity index (χ2n) is 3.36. The molecule has 1 aromatic carbocycles. The van der Waals surface area contributed by atoms with E-state index in [1.165, 1.54) is 6.07 Å². The fourth-order valence-electron chi connectivity index (χ4n) is 1.09. The van der Waals surface area contributed by atoms with Gasteiger partial charge in [-0.2, -0.15) is 13.2 Å². The molecule has 0 aliphatic carbocycles. The van der Waals surface area contributed by atoms with Crippen LogP contribution >= 0.6 is 11.6 Å². The van der Waals surface area contributed by atoms with Crippen molar-refractivity contribution >= 4 is 23.3 Å². The molecule has 0 aliphatic rings. The van der Waals surface area contributed by atoms with Crippen LogP contribution in [-0.2, 0) is 0 Å². The summed E-state index contributed by atoms with van der Waals surface area (Å²) in [6.07, 6.45) is -4.44. The third-order valence-electron chi connectivity index (χ3n) is 1.89. The molecule has 0 saturated carbocycles. The Morgan fingerprint density at radius 1 is 1.41 bits per heavy atom. The van der Waals surface area contributed by atoms with Crippen molar-refractivity contribution < 1.29 is 18.0 Å². The Labute approximate surface area is 101 Å². The first kappa shape index (κ1) is 13.6. The number of nitrogens with one attached hydrogen (secondary N) is 2. The van der Waals surface area contributed by atoms with E-state index in [4.69, 9.17) is 11.6 Å². The number of anilines is 1. The molecule has 0 bridgehead atoms. The lowest BCUT2D eigenvalue weighted by Gasteiger charge is -2.11. The smallest absolute Gasteiger partial charge is 0.329 e. The zero-order valence-corrected chi connectivity index (χ0v) is 9.62. The lowest BCUT2D eigenvalue weighted by Crippen LogP contribution is -2.36. The molecule has 94 valence electrons. The third-order valence-corrected chi connectivity index (χ3v) is 2.39. The van der Waals surface area contributed by atoms with Gasteiger partial charge in [-0.1, -0.05) is 23.7 Å². The molecule has 2 amide bonds. The molecule has 1 rings (SSSR count). The van der Waals surface area contributed by atoms with Crippen molar-refractivity contribution in [2.24, 2.45) is 0 Å². The van der Waals surface area contributed by atoms with E-state index in [1.54, 1.807) is 24.4 Å². The SMILES string of the molecule is Cc1cccc(NC(=O)NCC(F)(F)F)c1Cl. The van der Waals surface area contributed by atoms with E-state index in [2.05, 4.69) is 5.32 Å². The van der Waals surface area contributed by atoms with Crippen LogP contribution in [0.5, 0.6) is 0 Å². The highest BCUT2D eigenvalue weighted by atomic mass is 35.5. The number of rotatable bonds is 2. The quantitative estimate of drug-likeness (QED) is 0.847. The van der Waals surface area contributed by atoms with Crippen LogP contribution in [-0.4, -0.2) is 18.8 Å². The van der Waals surface area contributed by atoms with Gasteiger partial charge in [-0.05, 0) is 18.6 Å². The molecule has 0 spiro atoms. The van der Waals surface area contributed by atoms with Gasteiger partial charge < -0.3 is 10.6 Å². The van der Waals surface area contributed by atoms with E-state index in [0.717, 1.165) is 5.56 Å². The highest BCUT2D eigenvalue weighted by Gasteiger charge is 2.27. The van der Waals surface area contributed by atoms with Gasteiger partial charge >= 0.3 is 12.2 Å². The summed E-state index contributed by atoms with van der Waals surface area (Å²) >= 11 is 5.86. The second kappa shape index (κ2) is 5.27. The number of amides is 2. The maximum absolute atomic E-state index is 11.8. The van der Waals surface area contributed by atoms with Gasteiger partial charge in [0.05, 0.1) is 10.7 Å². The van der Waals surface area contributed by atoms with Crippen LogP contribution in [0.2, 0.25) is 5.02 Å². The molecule has 0 unspecified atom stereocenters. The van der Waals surface area contributed by atoms with Crippen LogP contribution in [0.1, 0.15) is 5.56 Å². The highest BCUT2D eigenvalue weighted by molar-refractivity contribution is 6.34. The molecule has 7 heteroatoms. The summed E-state index contributed by atoms with van der Waals surface area (Å²) < 4.78 is 35.5. The average molecular weight is 267 g/mol. The normalized spacial score (nSPS) is 11.1. The molecular weight excluding hydrogens is 257 g/mol. The first-order chi connectivity index (χ1) is 7.79. The van der Waals surface area contributed by atoms with E-state index in [-0.39, 0.29) is 5.69 Å². The number of aryl methyl sites for hydroxylation is 1. The van der Waals surface area contributed by atoms with Gasteiger partial charge in [-0.15, -0.1) is 0 Å². The monoisotopic (exact) mass is 266 g/mol. The number of carbonyl (C=O) groups is 1. The van der Waals surface area contributed by atoms with E-state index in [9.17, 15) is 18.0 Å². The summed E-state index contributed by atoms with van der Waals surface area (Å²) in [6, 6.07) is 3.92. The second-order valence-corrected chi connectivity index (χ2v) is 3.74. The molecule has 17 heavy (non-hydrogen) atoms. The minimum Gasteiger partial charge on any atom is -0.329 e. The summed E-state index contributed by atoms with van der Waals surface area (Å²) in [5, 5.41) is 4.23. The number of carbonyl (C=O) groups excluding carboxylic acids is 1. The molecule has 0 fully saturated rings. The van der Waals surface area contributed by atoms with Crippen molar-refractivity contribution in [2.75, 3.05) is 11.9 Å². The Balaban J connectivity index is 2.60. The number of urea groups is 1. The minimum atomic E-state index is -4.44. The first-order valence-electron chi connectivity index (χ1n) is 4.66. The van der Waals surface area contributed by atoms with Crippen LogP contribution in [0.3, 0.4) is 0 Å². The molecule has 0 heterocycles. The Kier molecular flexibility index (Phi) is 4.22. The van der Waals surface area contributed by atoms with Gasteiger partial charge in [0.1, 0.15) is 6.54 Å². The fourth-order valence-corrected chi connectivity index (χ4v) is 1.26. The molecule has 0 radical (unpaired) electrons. The van der Waals surface area contributed by atoms with Crippen LogP contribution in [0, 0.1) is 6.92 Å². The van der Waals surface area contributed by atoms with Gasteiger partial charge in [0.25, 0.3) is 0 Å². The summed E-state index contributed by atoms with van der Waals surface area (Å²) in [5.74, 6) is 0. The van der Waals surface area contributed by atoms with E-state index in [0.29, 0.717) is 5.02 Å². The third kappa shape index (κ3) is 4.52. The predicted molar refractivity (Wildman–Crippen MR) is 59.3 cm³/mol. The van der Waals surface area contributed by atoms with Crippen LogP contribution < -0.4 is 10.6 Å². The lowest BCUT2D eigenvalue weighted by molar-refractivity contribution is -0.122. The Morgan fingerprint density at radius 3 is 2.65 bits per heavy atom. The number of alkyl halides is 3. The van der Waals surface area contributed by atoms with Crippen molar-refractivity contribution in [3.8, 4) is 0 Å². The van der Waals surface area contributed by atoms with Crippen molar-refractivity contribution in [3.05, 3.63) is 28.8 Å². The van der Waals surface area contributed by atoms with Crippen LogP contribution in [0.15, 0.2) is 18.2 Å². The van der Waals surface area contributed by atoms with E-state index < -0.39 is 18.8 Å². The van der Waals surface area contributed by atoms with Crippen molar-refractivity contribution in [1.82, 2.24) is 5.32 Å². The van der Waals surface area contributed by atoms with Gasteiger partial charge in [-0.3, -0.25) is 0 Å².